The minimum atomic E-state index is -1.13. The molecule has 0 aliphatic carbocycles. The van der Waals surface area contributed by atoms with Crippen molar-refractivity contribution in [1.29, 1.82) is 0 Å². The zero-order chi connectivity index (χ0) is 14.2. The van der Waals surface area contributed by atoms with Crippen LogP contribution in [0.2, 0.25) is 5.02 Å². The molecule has 1 aromatic carbocycles. The fourth-order valence-corrected chi connectivity index (χ4v) is 2.84. The van der Waals surface area contributed by atoms with Crippen LogP contribution in [0.5, 0.6) is 0 Å². The number of carbonyl (C=O) groups excluding carboxylic acids is 1. The molecule has 1 aliphatic rings. The molecule has 7 heteroatoms. The Morgan fingerprint density at radius 3 is 2.68 bits per heavy atom. The number of hydrogen-bond acceptors (Lipinski definition) is 3. The lowest BCUT2D eigenvalue weighted by molar-refractivity contribution is -0.141. The van der Waals surface area contributed by atoms with Crippen molar-refractivity contribution in [1.82, 2.24) is 4.90 Å². The number of carboxylic acids is 1. The second-order valence-corrected chi connectivity index (χ2v) is 5.65. The SMILES string of the molecule is O=C(O)[C@H]1C[C@@H](O)CN1C(=O)c1ccc(Br)cc1Cl. The van der Waals surface area contributed by atoms with Crippen molar-refractivity contribution >= 4 is 39.4 Å². The maximum absolute atomic E-state index is 12.3. The Balaban J connectivity index is 2.30. The van der Waals surface area contributed by atoms with Crippen molar-refractivity contribution < 1.29 is 19.8 Å². The molecular weight excluding hydrogens is 337 g/mol. The van der Waals surface area contributed by atoms with Gasteiger partial charge in [-0.3, -0.25) is 4.79 Å². The summed E-state index contributed by atoms with van der Waals surface area (Å²) in [5.41, 5.74) is 0.227. The Kier molecular flexibility index (Phi) is 4.13. The summed E-state index contributed by atoms with van der Waals surface area (Å²) >= 11 is 9.21. The third-order valence-corrected chi connectivity index (χ3v) is 3.79. The fourth-order valence-electron chi connectivity index (χ4n) is 2.09. The van der Waals surface area contributed by atoms with Crippen molar-refractivity contribution in [3.05, 3.63) is 33.3 Å². The zero-order valence-electron chi connectivity index (χ0n) is 9.72. The summed E-state index contributed by atoms with van der Waals surface area (Å²) in [5.74, 6) is -1.61. The zero-order valence-corrected chi connectivity index (χ0v) is 12.1. The van der Waals surface area contributed by atoms with Crippen molar-refractivity contribution in [2.24, 2.45) is 0 Å². The summed E-state index contributed by atoms with van der Waals surface area (Å²) in [6, 6.07) is 3.73. The summed E-state index contributed by atoms with van der Waals surface area (Å²) in [6.45, 7) is 0.00218. The summed E-state index contributed by atoms with van der Waals surface area (Å²) in [4.78, 5) is 24.5. The molecule has 19 heavy (non-hydrogen) atoms. The van der Waals surface area contributed by atoms with Gasteiger partial charge in [-0.2, -0.15) is 0 Å². The Bertz CT molecular complexity index is 536. The second kappa shape index (κ2) is 5.48. The van der Waals surface area contributed by atoms with Crippen molar-refractivity contribution in [2.75, 3.05) is 6.54 Å². The lowest BCUT2D eigenvalue weighted by Gasteiger charge is -2.21. The molecule has 1 aliphatic heterocycles. The molecule has 1 amide bonds. The molecule has 0 saturated carbocycles. The highest BCUT2D eigenvalue weighted by atomic mass is 79.9. The van der Waals surface area contributed by atoms with E-state index in [2.05, 4.69) is 15.9 Å². The Hall–Kier alpha value is -1.11. The number of rotatable bonds is 2. The second-order valence-electron chi connectivity index (χ2n) is 4.33. The average Bonchev–Trinajstić information content (AvgIpc) is 2.70. The Labute approximate surface area is 122 Å². The number of β-amino-alcohol motifs (C(OH)–C–C–N with tert-alkyl or cyclic N) is 1. The molecular formula is C12H11BrClNO4. The molecule has 1 heterocycles. The topological polar surface area (TPSA) is 77.8 Å². The molecule has 1 aromatic rings. The minimum Gasteiger partial charge on any atom is -0.480 e. The van der Waals surface area contributed by atoms with Gasteiger partial charge in [-0.05, 0) is 18.2 Å². The number of halogens is 2. The summed E-state index contributed by atoms with van der Waals surface area (Å²) in [6.07, 6.45) is -0.783. The van der Waals surface area contributed by atoms with Gasteiger partial charge < -0.3 is 15.1 Å². The number of benzene rings is 1. The minimum absolute atomic E-state index is 0.00218. The van der Waals surface area contributed by atoms with Crippen molar-refractivity contribution in [3.8, 4) is 0 Å². The highest BCUT2D eigenvalue weighted by Crippen LogP contribution is 2.26. The van der Waals surface area contributed by atoms with E-state index in [1.54, 1.807) is 12.1 Å². The normalized spacial score (nSPS) is 22.6. The summed E-state index contributed by atoms with van der Waals surface area (Å²) in [5, 5.41) is 18.8. The monoisotopic (exact) mass is 347 g/mol. The van der Waals surface area contributed by atoms with Gasteiger partial charge in [-0.15, -0.1) is 0 Å². The first-order valence-electron chi connectivity index (χ1n) is 5.57. The number of carbonyl (C=O) groups is 2. The van der Waals surface area contributed by atoms with Crippen LogP contribution in [0.1, 0.15) is 16.8 Å². The average molecular weight is 349 g/mol. The number of nitrogens with zero attached hydrogens (tertiary/aromatic N) is 1. The lowest BCUT2D eigenvalue weighted by Crippen LogP contribution is -2.40. The Morgan fingerprint density at radius 1 is 1.42 bits per heavy atom. The molecule has 0 unspecified atom stereocenters. The van der Waals surface area contributed by atoms with Gasteiger partial charge in [0.2, 0.25) is 0 Å². The van der Waals surface area contributed by atoms with Gasteiger partial charge in [-0.1, -0.05) is 27.5 Å². The van der Waals surface area contributed by atoms with Crippen LogP contribution >= 0.6 is 27.5 Å². The fraction of sp³-hybridized carbons (Fsp3) is 0.333. The predicted octanol–water partition coefficient (Wildman–Crippen LogP) is 1.76. The van der Waals surface area contributed by atoms with Crippen molar-refractivity contribution in [2.45, 2.75) is 18.6 Å². The van der Waals surface area contributed by atoms with Crippen LogP contribution in [-0.4, -0.2) is 45.7 Å². The van der Waals surface area contributed by atoms with E-state index in [0.29, 0.717) is 0 Å². The van der Waals surface area contributed by atoms with Crippen LogP contribution in [0.25, 0.3) is 0 Å². The Morgan fingerprint density at radius 2 is 2.11 bits per heavy atom. The molecule has 0 aromatic heterocycles. The van der Waals surface area contributed by atoms with Crippen LogP contribution in [0.15, 0.2) is 22.7 Å². The highest BCUT2D eigenvalue weighted by Gasteiger charge is 2.39. The number of aliphatic hydroxyl groups is 1. The number of aliphatic hydroxyl groups excluding tert-OH is 1. The number of aliphatic carboxylic acids is 1. The standard InChI is InChI=1S/C12H11BrClNO4/c13-6-1-2-8(9(14)3-6)11(17)15-5-7(16)4-10(15)12(18)19/h1-3,7,10,16H,4-5H2,(H,18,19)/t7-,10-/m1/s1. The summed E-state index contributed by atoms with van der Waals surface area (Å²) < 4.78 is 0.727. The molecule has 2 atom stereocenters. The van der Waals surface area contributed by atoms with Crippen molar-refractivity contribution in [3.63, 3.8) is 0 Å². The third-order valence-electron chi connectivity index (χ3n) is 2.99. The number of amides is 1. The molecule has 0 radical (unpaired) electrons. The number of carboxylic acid groups (broad SMARTS) is 1. The van der Waals surface area contributed by atoms with Gasteiger partial charge in [0.05, 0.1) is 16.7 Å². The number of likely N-dealkylation sites (tertiary alicyclic amines) is 1. The lowest BCUT2D eigenvalue weighted by atomic mass is 10.1. The van der Waals surface area contributed by atoms with Gasteiger partial charge in [0.1, 0.15) is 6.04 Å². The summed E-state index contributed by atoms with van der Waals surface area (Å²) in [7, 11) is 0. The van der Waals surface area contributed by atoms with Gasteiger partial charge in [-0.25, -0.2) is 4.79 Å². The van der Waals surface area contributed by atoms with Crippen LogP contribution in [-0.2, 0) is 4.79 Å². The van der Waals surface area contributed by atoms with Crippen LogP contribution < -0.4 is 0 Å². The first kappa shape index (κ1) is 14.3. The van der Waals surface area contributed by atoms with Gasteiger partial charge in [0.15, 0.2) is 0 Å². The molecule has 1 saturated heterocycles. The van der Waals surface area contributed by atoms with E-state index >= 15 is 0 Å². The van der Waals surface area contributed by atoms with E-state index in [4.69, 9.17) is 16.7 Å². The third kappa shape index (κ3) is 2.91. The first-order valence-corrected chi connectivity index (χ1v) is 6.74. The van der Waals surface area contributed by atoms with Crippen LogP contribution in [0, 0.1) is 0 Å². The molecule has 0 bridgehead atoms. The maximum Gasteiger partial charge on any atom is 0.326 e. The molecule has 2 N–H and O–H groups in total. The van der Waals surface area contributed by atoms with Gasteiger partial charge >= 0.3 is 5.97 Å². The van der Waals surface area contributed by atoms with E-state index in [1.165, 1.54) is 6.07 Å². The molecule has 102 valence electrons. The van der Waals surface area contributed by atoms with Gasteiger partial charge in [0, 0.05) is 17.4 Å². The quantitative estimate of drug-likeness (QED) is 0.854. The number of hydrogen-bond donors (Lipinski definition) is 2. The van der Waals surface area contributed by atoms with E-state index in [0.717, 1.165) is 9.37 Å². The van der Waals surface area contributed by atoms with E-state index in [-0.39, 0.29) is 23.6 Å². The van der Waals surface area contributed by atoms with E-state index < -0.39 is 24.0 Å². The maximum atomic E-state index is 12.3. The highest BCUT2D eigenvalue weighted by molar-refractivity contribution is 9.10. The van der Waals surface area contributed by atoms with Crippen LogP contribution in [0.4, 0.5) is 0 Å². The largest absolute Gasteiger partial charge is 0.480 e. The molecule has 2 rings (SSSR count). The molecule has 0 spiro atoms. The van der Waals surface area contributed by atoms with E-state index in [9.17, 15) is 14.7 Å². The predicted molar refractivity (Wildman–Crippen MR) is 72.2 cm³/mol. The van der Waals surface area contributed by atoms with E-state index in [1.807, 2.05) is 0 Å². The van der Waals surface area contributed by atoms with Gasteiger partial charge in [0.25, 0.3) is 5.91 Å². The van der Waals surface area contributed by atoms with Crippen LogP contribution in [0.3, 0.4) is 0 Å². The smallest absolute Gasteiger partial charge is 0.326 e. The first-order chi connectivity index (χ1) is 8.90. The molecule has 5 nitrogen and oxygen atoms in total. The molecule has 1 fully saturated rings.